The van der Waals surface area contributed by atoms with Crippen molar-refractivity contribution in [1.82, 2.24) is 15.5 Å². The quantitative estimate of drug-likeness (QED) is 0.718. The fraction of sp³-hybridized carbons (Fsp3) is 0.938. The molecular weight excluding hydrogens is 337 g/mol. The Balaban J connectivity index is 0.00000242. The number of nitrogens with one attached hydrogen (secondary N) is 2. The molecule has 2 N–H and O–H groups in total. The van der Waals surface area contributed by atoms with Crippen LogP contribution in [0.4, 0.5) is 0 Å². The smallest absolute Gasteiger partial charge is 0.228 e. The minimum atomic E-state index is -0.327. The highest BCUT2D eigenvalue weighted by Crippen LogP contribution is 2.29. The van der Waals surface area contributed by atoms with Crippen molar-refractivity contribution in [1.29, 1.82) is 0 Å². The summed E-state index contributed by atoms with van der Waals surface area (Å²) in [6, 6.07) is 0.716. The summed E-state index contributed by atoms with van der Waals surface area (Å²) in [4.78, 5) is 15.0. The summed E-state index contributed by atoms with van der Waals surface area (Å²) in [5.74, 6) is 0.172. The topological polar surface area (TPSA) is 53.6 Å². The summed E-state index contributed by atoms with van der Waals surface area (Å²) in [7, 11) is 3.86. The molecule has 2 fully saturated rings. The van der Waals surface area contributed by atoms with Gasteiger partial charge in [-0.05, 0) is 45.8 Å². The number of methoxy groups -OCH3 is 1. The number of nitrogens with zero attached hydrogens (tertiary/aromatic N) is 1. The third-order valence-corrected chi connectivity index (χ3v) is 5.16. The Bertz CT molecular complexity index is 328. The molecule has 2 rings (SSSR count). The molecule has 1 saturated carbocycles. The predicted octanol–water partition coefficient (Wildman–Crippen LogP) is 1.84. The van der Waals surface area contributed by atoms with Gasteiger partial charge < -0.3 is 20.3 Å². The van der Waals surface area contributed by atoms with Gasteiger partial charge in [-0.2, -0.15) is 0 Å². The zero-order valence-electron chi connectivity index (χ0n) is 14.4. The average molecular weight is 370 g/mol. The highest BCUT2D eigenvalue weighted by atomic mass is 35.5. The van der Waals surface area contributed by atoms with Gasteiger partial charge in [0.25, 0.3) is 0 Å². The van der Waals surface area contributed by atoms with Crippen LogP contribution in [0.3, 0.4) is 0 Å². The molecule has 0 unspecified atom stereocenters. The summed E-state index contributed by atoms with van der Waals surface area (Å²) in [6.45, 7) is 4.01. The van der Waals surface area contributed by atoms with Crippen molar-refractivity contribution in [3.05, 3.63) is 0 Å². The van der Waals surface area contributed by atoms with E-state index in [9.17, 15) is 4.79 Å². The van der Waals surface area contributed by atoms with Crippen molar-refractivity contribution < 1.29 is 9.53 Å². The highest BCUT2D eigenvalue weighted by molar-refractivity contribution is 5.85. The van der Waals surface area contributed by atoms with E-state index >= 15 is 0 Å². The fourth-order valence-electron chi connectivity index (χ4n) is 3.68. The summed E-state index contributed by atoms with van der Waals surface area (Å²) in [6.07, 6.45) is 7.06. The first kappa shape index (κ1) is 22.9. The molecule has 0 aromatic carbocycles. The van der Waals surface area contributed by atoms with Crippen LogP contribution in [0.2, 0.25) is 0 Å². The average Bonchev–Trinajstić information content (AvgIpc) is 3.02. The number of likely N-dealkylation sites (N-methyl/N-ethyl adjacent to an activating group) is 1. The Morgan fingerprint density at radius 2 is 1.87 bits per heavy atom. The molecule has 0 bridgehead atoms. The Kier molecular flexibility index (Phi) is 11.4. The molecular formula is C16H33Cl2N3O2. The van der Waals surface area contributed by atoms with E-state index in [2.05, 4.69) is 22.6 Å². The van der Waals surface area contributed by atoms with Crippen molar-refractivity contribution in [2.75, 3.05) is 46.9 Å². The molecule has 23 heavy (non-hydrogen) atoms. The molecule has 1 amide bonds. The van der Waals surface area contributed by atoms with E-state index in [0.717, 1.165) is 39.0 Å². The van der Waals surface area contributed by atoms with Gasteiger partial charge in [0.05, 0.1) is 12.0 Å². The number of hydrogen-bond donors (Lipinski definition) is 2. The first-order valence-electron chi connectivity index (χ1n) is 8.36. The maximum absolute atomic E-state index is 12.6. The second-order valence-corrected chi connectivity index (χ2v) is 6.64. The van der Waals surface area contributed by atoms with E-state index in [1.54, 1.807) is 7.11 Å². The molecule has 0 spiro atoms. The lowest BCUT2D eigenvalue weighted by atomic mass is 9.78. The van der Waals surface area contributed by atoms with Crippen LogP contribution in [0, 0.1) is 5.41 Å². The normalized spacial score (nSPS) is 20.7. The van der Waals surface area contributed by atoms with Crippen molar-refractivity contribution >= 4 is 30.7 Å². The van der Waals surface area contributed by atoms with Gasteiger partial charge in [0.1, 0.15) is 0 Å². The predicted molar refractivity (Wildman–Crippen MR) is 98.8 cm³/mol. The van der Waals surface area contributed by atoms with Gasteiger partial charge in [0.2, 0.25) is 5.91 Å². The van der Waals surface area contributed by atoms with Crippen LogP contribution in [0.15, 0.2) is 0 Å². The van der Waals surface area contributed by atoms with E-state index < -0.39 is 0 Å². The standard InChI is InChI=1S/C16H31N3O2.2ClH/c1-19(14-5-3-4-6-14)12-11-18-15(20)16(13-21-2)7-9-17-10-8-16;;/h14,17H,3-13H2,1-2H3,(H,18,20);2*1H. The third-order valence-electron chi connectivity index (χ3n) is 5.16. The third kappa shape index (κ3) is 6.39. The number of rotatable bonds is 7. The summed E-state index contributed by atoms with van der Waals surface area (Å²) in [5, 5.41) is 6.46. The van der Waals surface area contributed by atoms with Crippen molar-refractivity contribution in [3.63, 3.8) is 0 Å². The maximum atomic E-state index is 12.6. The van der Waals surface area contributed by atoms with Gasteiger partial charge in [-0.25, -0.2) is 0 Å². The summed E-state index contributed by atoms with van der Waals surface area (Å²) in [5.41, 5.74) is -0.327. The van der Waals surface area contributed by atoms with Crippen LogP contribution < -0.4 is 10.6 Å². The molecule has 1 saturated heterocycles. The number of amides is 1. The van der Waals surface area contributed by atoms with Crippen LogP contribution in [-0.4, -0.2) is 63.8 Å². The van der Waals surface area contributed by atoms with Crippen LogP contribution >= 0.6 is 24.8 Å². The van der Waals surface area contributed by atoms with Crippen LogP contribution in [0.1, 0.15) is 38.5 Å². The van der Waals surface area contributed by atoms with Gasteiger partial charge in [-0.3, -0.25) is 4.79 Å². The molecule has 7 heteroatoms. The van der Waals surface area contributed by atoms with E-state index in [-0.39, 0.29) is 36.1 Å². The van der Waals surface area contributed by atoms with Crippen molar-refractivity contribution in [2.45, 2.75) is 44.6 Å². The van der Waals surface area contributed by atoms with E-state index in [4.69, 9.17) is 4.74 Å². The zero-order valence-corrected chi connectivity index (χ0v) is 16.1. The zero-order chi connectivity index (χ0) is 15.1. The highest BCUT2D eigenvalue weighted by Gasteiger charge is 2.39. The van der Waals surface area contributed by atoms with Gasteiger partial charge in [0.15, 0.2) is 0 Å². The van der Waals surface area contributed by atoms with Crippen molar-refractivity contribution in [3.8, 4) is 0 Å². The minimum absolute atomic E-state index is 0. The van der Waals surface area contributed by atoms with E-state index in [1.807, 2.05) is 0 Å². The first-order chi connectivity index (χ1) is 10.2. The van der Waals surface area contributed by atoms with Crippen LogP contribution in [0.5, 0.6) is 0 Å². The van der Waals surface area contributed by atoms with Crippen LogP contribution in [0.25, 0.3) is 0 Å². The number of halogens is 2. The Morgan fingerprint density at radius 3 is 2.43 bits per heavy atom. The molecule has 0 aromatic rings. The van der Waals surface area contributed by atoms with E-state index in [1.165, 1.54) is 25.7 Å². The first-order valence-corrected chi connectivity index (χ1v) is 8.36. The Hall–Kier alpha value is -0.0700. The number of hydrogen-bond acceptors (Lipinski definition) is 4. The number of ether oxygens (including phenoxy) is 1. The molecule has 5 nitrogen and oxygen atoms in total. The lowest BCUT2D eigenvalue weighted by Crippen LogP contribution is -2.51. The Morgan fingerprint density at radius 1 is 1.26 bits per heavy atom. The van der Waals surface area contributed by atoms with Gasteiger partial charge >= 0.3 is 0 Å². The number of carbonyl (C=O) groups is 1. The minimum Gasteiger partial charge on any atom is -0.384 e. The Labute approximate surface area is 153 Å². The molecule has 0 aromatic heterocycles. The number of piperidine rings is 1. The van der Waals surface area contributed by atoms with Gasteiger partial charge in [-0.15, -0.1) is 24.8 Å². The second-order valence-electron chi connectivity index (χ2n) is 6.64. The molecule has 2 aliphatic rings. The summed E-state index contributed by atoms with van der Waals surface area (Å²) < 4.78 is 5.32. The van der Waals surface area contributed by atoms with Crippen LogP contribution in [-0.2, 0) is 9.53 Å². The largest absolute Gasteiger partial charge is 0.384 e. The fourth-order valence-corrected chi connectivity index (χ4v) is 3.68. The van der Waals surface area contributed by atoms with Gasteiger partial charge in [-0.1, -0.05) is 12.8 Å². The maximum Gasteiger partial charge on any atom is 0.228 e. The molecule has 138 valence electrons. The molecule has 1 heterocycles. The van der Waals surface area contributed by atoms with E-state index in [0.29, 0.717) is 12.6 Å². The lowest BCUT2D eigenvalue weighted by molar-refractivity contribution is -0.136. The second kappa shape index (κ2) is 11.5. The molecule has 0 radical (unpaired) electrons. The lowest BCUT2D eigenvalue weighted by Gasteiger charge is -2.35. The number of carbonyl (C=O) groups excluding carboxylic acids is 1. The summed E-state index contributed by atoms with van der Waals surface area (Å²) >= 11 is 0. The molecule has 0 atom stereocenters. The molecule has 1 aliphatic heterocycles. The monoisotopic (exact) mass is 369 g/mol. The van der Waals surface area contributed by atoms with Gasteiger partial charge in [0, 0.05) is 26.2 Å². The van der Waals surface area contributed by atoms with Crippen molar-refractivity contribution in [2.24, 2.45) is 5.41 Å². The SMILES string of the molecule is COCC1(C(=O)NCCN(C)C2CCCC2)CCNCC1.Cl.Cl. The molecule has 1 aliphatic carbocycles.